The highest BCUT2D eigenvalue weighted by molar-refractivity contribution is 6.33. The summed E-state index contributed by atoms with van der Waals surface area (Å²) in [5.41, 5.74) is 0.337. The van der Waals surface area contributed by atoms with E-state index in [0.29, 0.717) is 30.3 Å². The predicted molar refractivity (Wildman–Crippen MR) is 54.7 cm³/mol. The molecule has 0 radical (unpaired) electrons. The van der Waals surface area contributed by atoms with Gasteiger partial charge in [-0.15, -0.1) is 0 Å². The third-order valence-electron chi connectivity index (χ3n) is 2.23. The summed E-state index contributed by atoms with van der Waals surface area (Å²) in [6.07, 6.45) is -0.807. The maximum absolute atomic E-state index is 9.70. The first-order valence-corrected chi connectivity index (χ1v) is 4.98. The maximum atomic E-state index is 9.70. The summed E-state index contributed by atoms with van der Waals surface area (Å²) in [6, 6.07) is 1.54. The molecule has 0 bridgehead atoms. The Labute approximate surface area is 92.0 Å². The van der Waals surface area contributed by atoms with Gasteiger partial charge in [-0.25, -0.2) is 0 Å². The lowest BCUT2D eigenvalue weighted by atomic mass is 10.1. The number of aliphatic hydroxyl groups excluding tert-OH is 1. The van der Waals surface area contributed by atoms with Gasteiger partial charge in [0.2, 0.25) is 0 Å². The van der Waals surface area contributed by atoms with E-state index in [2.05, 4.69) is 0 Å². The van der Waals surface area contributed by atoms with Crippen LogP contribution in [0.1, 0.15) is 18.6 Å². The average Bonchev–Trinajstić information content (AvgIpc) is 2.23. The zero-order chi connectivity index (χ0) is 11.0. The lowest BCUT2D eigenvalue weighted by Crippen LogP contribution is -2.16. The molecule has 4 nitrogen and oxygen atoms in total. The fourth-order valence-corrected chi connectivity index (χ4v) is 1.73. The van der Waals surface area contributed by atoms with Gasteiger partial charge in [0.25, 0.3) is 0 Å². The van der Waals surface area contributed by atoms with Crippen molar-refractivity contribution in [2.45, 2.75) is 13.0 Å². The second-order valence-corrected chi connectivity index (χ2v) is 3.71. The van der Waals surface area contributed by atoms with Gasteiger partial charge in [-0.3, -0.25) is 0 Å². The Morgan fingerprint density at radius 2 is 2.07 bits per heavy atom. The van der Waals surface area contributed by atoms with Crippen molar-refractivity contribution in [1.82, 2.24) is 0 Å². The van der Waals surface area contributed by atoms with Crippen molar-refractivity contribution in [3.63, 3.8) is 0 Å². The first kappa shape index (κ1) is 10.4. The fourth-order valence-electron chi connectivity index (χ4n) is 1.47. The molecule has 0 fully saturated rings. The van der Waals surface area contributed by atoms with Crippen LogP contribution in [0.2, 0.25) is 5.02 Å². The van der Waals surface area contributed by atoms with Crippen LogP contribution in [0.3, 0.4) is 0 Å². The van der Waals surface area contributed by atoms with Gasteiger partial charge in [0.05, 0.1) is 6.10 Å². The molecule has 1 aromatic rings. The Morgan fingerprint density at radius 3 is 2.73 bits per heavy atom. The van der Waals surface area contributed by atoms with E-state index >= 15 is 0 Å². The zero-order valence-corrected chi connectivity index (χ0v) is 8.91. The lowest BCUT2D eigenvalue weighted by molar-refractivity contribution is 0.166. The highest BCUT2D eigenvalue weighted by Gasteiger charge is 2.23. The summed E-state index contributed by atoms with van der Waals surface area (Å²) in [6.45, 7) is 2.38. The lowest BCUT2D eigenvalue weighted by Gasteiger charge is -2.21. The van der Waals surface area contributed by atoms with Crippen molar-refractivity contribution in [3.05, 3.63) is 16.7 Å². The Bertz CT molecular complexity index is 389. The molecule has 1 aliphatic heterocycles. The van der Waals surface area contributed by atoms with Crippen molar-refractivity contribution in [2.24, 2.45) is 0 Å². The minimum absolute atomic E-state index is 0.0862. The molecule has 0 aliphatic carbocycles. The van der Waals surface area contributed by atoms with E-state index in [0.717, 1.165) is 0 Å². The van der Waals surface area contributed by atoms with Crippen LogP contribution in [0.15, 0.2) is 6.07 Å². The van der Waals surface area contributed by atoms with Crippen molar-refractivity contribution in [1.29, 1.82) is 0 Å². The number of benzene rings is 1. The molecule has 1 aliphatic rings. The topological polar surface area (TPSA) is 58.9 Å². The van der Waals surface area contributed by atoms with E-state index in [1.807, 2.05) is 0 Å². The highest BCUT2D eigenvalue weighted by atomic mass is 35.5. The predicted octanol–water partition coefficient (Wildman–Crippen LogP) is 1.87. The number of rotatable bonds is 1. The van der Waals surface area contributed by atoms with Crippen LogP contribution in [-0.2, 0) is 0 Å². The summed E-state index contributed by atoms with van der Waals surface area (Å²) in [5.74, 6) is 0.640. The third kappa shape index (κ3) is 1.70. The Morgan fingerprint density at radius 1 is 1.40 bits per heavy atom. The Hall–Kier alpha value is -1.13. The molecule has 0 saturated carbocycles. The van der Waals surface area contributed by atoms with Crippen molar-refractivity contribution < 1.29 is 19.7 Å². The summed E-state index contributed by atoms with van der Waals surface area (Å²) >= 11 is 5.89. The van der Waals surface area contributed by atoms with Crippen LogP contribution in [0, 0.1) is 0 Å². The van der Waals surface area contributed by atoms with Crippen molar-refractivity contribution >= 4 is 11.6 Å². The second-order valence-electron chi connectivity index (χ2n) is 3.33. The molecule has 2 rings (SSSR count). The molecule has 1 aromatic carbocycles. The van der Waals surface area contributed by atoms with Gasteiger partial charge in [0.15, 0.2) is 11.5 Å². The molecule has 0 amide bonds. The van der Waals surface area contributed by atoms with Crippen molar-refractivity contribution in [3.8, 4) is 17.2 Å². The molecular formula is C10H11ClO4. The van der Waals surface area contributed by atoms with Crippen LogP contribution in [0.5, 0.6) is 17.2 Å². The van der Waals surface area contributed by atoms with E-state index in [-0.39, 0.29) is 10.8 Å². The number of halogens is 1. The van der Waals surface area contributed by atoms with Crippen LogP contribution in [0.25, 0.3) is 0 Å². The summed E-state index contributed by atoms with van der Waals surface area (Å²) in [4.78, 5) is 0. The van der Waals surface area contributed by atoms with E-state index in [1.165, 1.54) is 0 Å². The van der Waals surface area contributed by atoms with Gasteiger partial charge in [-0.1, -0.05) is 11.6 Å². The largest absolute Gasteiger partial charge is 0.506 e. The minimum Gasteiger partial charge on any atom is -0.506 e. The molecule has 1 unspecified atom stereocenters. The first-order valence-electron chi connectivity index (χ1n) is 4.60. The Balaban J connectivity index is 2.57. The molecule has 1 heterocycles. The number of aromatic hydroxyl groups is 1. The minimum atomic E-state index is -0.807. The number of fused-ring (bicyclic) bond motifs is 1. The highest BCUT2D eigenvalue weighted by Crippen LogP contribution is 2.46. The van der Waals surface area contributed by atoms with Gasteiger partial charge < -0.3 is 19.7 Å². The van der Waals surface area contributed by atoms with E-state index in [1.54, 1.807) is 13.0 Å². The zero-order valence-electron chi connectivity index (χ0n) is 8.16. The van der Waals surface area contributed by atoms with Gasteiger partial charge in [-0.2, -0.15) is 0 Å². The normalized spacial score (nSPS) is 16.2. The van der Waals surface area contributed by atoms with Gasteiger partial charge in [0.1, 0.15) is 24.0 Å². The molecule has 15 heavy (non-hydrogen) atoms. The summed E-state index contributed by atoms with van der Waals surface area (Å²) in [5, 5.41) is 19.2. The second kappa shape index (κ2) is 3.79. The smallest absolute Gasteiger partial charge is 0.183 e. The monoisotopic (exact) mass is 230 g/mol. The van der Waals surface area contributed by atoms with Crippen LogP contribution >= 0.6 is 11.6 Å². The van der Waals surface area contributed by atoms with Gasteiger partial charge >= 0.3 is 0 Å². The first-order chi connectivity index (χ1) is 7.11. The summed E-state index contributed by atoms with van der Waals surface area (Å²) < 4.78 is 10.6. The molecule has 2 N–H and O–H groups in total. The molecule has 5 heteroatoms. The fraction of sp³-hybridized carbons (Fsp3) is 0.400. The molecule has 0 aromatic heterocycles. The Kier molecular flexibility index (Phi) is 2.63. The van der Waals surface area contributed by atoms with Gasteiger partial charge in [0, 0.05) is 5.56 Å². The SMILES string of the molecule is CC(O)c1cc2c(c(Cl)c1O)OCCO2. The summed E-state index contributed by atoms with van der Waals surface area (Å²) in [7, 11) is 0. The maximum Gasteiger partial charge on any atom is 0.183 e. The number of phenols is 1. The number of hydrogen-bond acceptors (Lipinski definition) is 4. The van der Waals surface area contributed by atoms with E-state index in [9.17, 15) is 10.2 Å². The molecule has 1 atom stereocenters. The van der Waals surface area contributed by atoms with Crippen LogP contribution in [-0.4, -0.2) is 23.4 Å². The molecular weight excluding hydrogens is 220 g/mol. The van der Waals surface area contributed by atoms with E-state index in [4.69, 9.17) is 21.1 Å². The van der Waals surface area contributed by atoms with Gasteiger partial charge in [-0.05, 0) is 13.0 Å². The van der Waals surface area contributed by atoms with Crippen LogP contribution < -0.4 is 9.47 Å². The van der Waals surface area contributed by atoms with E-state index < -0.39 is 6.10 Å². The number of ether oxygens (including phenoxy) is 2. The third-order valence-corrected chi connectivity index (χ3v) is 2.58. The number of hydrogen-bond donors (Lipinski definition) is 2. The number of phenolic OH excluding ortho intramolecular Hbond substituents is 1. The number of aliphatic hydroxyl groups is 1. The standard InChI is InChI=1S/C10H11ClO4/c1-5(12)6-4-7-10(8(11)9(6)13)15-3-2-14-7/h4-5,12-13H,2-3H2,1H3. The van der Waals surface area contributed by atoms with Crippen molar-refractivity contribution in [2.75, 3.05) is 13.2 Å². The molecule has 0 saturated heterocycles. The quantitative estimate of drug-likeness (QED) is 0.773. The molecule has 0 spiro atoms. The molecule has 82 valence electrons. The van der Waals surface area contributed by atoms with Crippen LogP contribution in [0.4, 0.5) is 0 Å². The average molecular weight is 231 g/mol.